The van der Waals surface area contributed by atoms with Crippen molar-refractivity contribution >= 4 is 49.4 Å². The van der Waals surface area contributed by atoms with Gasteiger partial charge in [-0.1, -0.05) is 29.8 Å². The van der Waals surface area contributed by atoms with Gasteiger partial charge in [0.15, 0.2) is 4.62 Å². The number of nitrogens with zero attached hydrogens (tertiary/aromatic N) is 1. The molecule has 0 aliphatic carbocycles. The number of hydrogen-bond donors (Lipinski definition) is 2. The molecule has 20 heavy (non-hydrogen) atoms. The molecule has 1 amide bonds. The van der Waals surface area contributed by atoms with Gasteiger partial charge in [0.25, 0.3) is 5.91 Å². The number of carbonyl (C=O) groups is 1. The fourth-order valence-electron chi connectivity index (χ4n) is 1.39. The molecule has 0 atom stereocenters. The second-order valence-corrected chi connectivity index (χ2v) is 5.03. The van der Waals surface area contributed by atoms with E-state index in [9.17, 15) is 4.79 Å². The van der Waals surface area contributed by atoms with E-state index in [1.165, 1.54) is 0 Å². The minimum absolute atomic E-state index is 0.149. The Bertz CT molecular complexity index is 614. The molecule has 0 bridgehead atoms. The van der Waals surface area contributed by atoms with Crippen LogP contribution < -0.4 is 10.7 Å². The molecule has 0 aromatic heterocycles. The van der Waals surface area contributed by atoms with Gasteiger partial charge in [-0.15, -0.1) is 0 Å². The third-order valence-electron chi connectivity index (χ3n) is 2.35. The van der Waals surface area contributed by atoms with Crippen LogP contribution in [0, 0.1) is 0 Å². The van der Waals surface area contributed by atoms with E-state index >= 15 is 0 Å². The maximum Gasteiger partial charge on any atom is 0.283 e. The summed E-state index contributed by atoms with van der Waals surface area (Å²) in [5.41, 5.74) is 4.20. The molecule has 0 heterocycles. The summed E-state index contributed by atoms with van der Waals surface area (Å²) < 4.78 is 0.149. The van der Waals surface area contributed by atoms with Crippen molar-refractivity contribution in [3.63, 3.8) is 0 Å². The highest BCUT2D eigenvalue weighted by Crippen LogP contribution is 2.13. The summed E-state index contributed by atoms with van der Waals surface area (Å²) in [5, 5.41) is 7.30. The molecule has 2 aromatic carbocycles. The van der Waals surface area contributed by atoms with Crippen LogP contribution in [0.2, 0.25) is 5.02 Å². The lowest BCUT2D eigenvalue weighted by molar-refractivity contribution is -0.110. The van der Waals surface area contributed by atoms with Crippen LogP contribution >= 0.6 is 27.5 Å². The predicted molar refractivity (Wildman–Crippen MR) is 86.5 cm³/mol. The van der Waals surface area contributed by atoms with Crippen molar-refractivity contribution in [2.24, 2.45) is 5.10 Å². The van der Waals surface area contributed by atoms with Gasteiger partial charge in [0.05, 0.1) is 5.69 Å². The Balaban J connectivity index is 1.96. The molecule has 4 nitrogen and oxygen atoms in total. The first kappa shape index (κ1) is 14.6. The van der Waals surface area contributed by atoms with Crippen LogP contribution in [-0.2, 0) is 4.79 Å². The van der Waals surface area contributed by atoms with E-state index in [0.717, 1.165) is 5.69 Å². The number of anilines is 2. The van der Waals surface area contributed by atoms with Gasteiger partial charge >= 0.3 is 0 Å². The average Bonchev–Trinajstić information content (AvgIpc) is 2.47. The molecule has 0 aliphatic rings. The summed E-state index contributed by atoms with van der Waals surface area (Å²) in [6.07, 6.45) is 0. The van der Waals surface area contributed by atoms with E-state index in [1.807, 2.05) is 18.2 Å². The van der Waals surface area contributed by atoms with Crippen molar-refractivity contribution in [2.45, 2.75) is 0 Å². The number of carbonyl (C=O) groups excluding carboxylic acids is 1. The van der Waals surface area contributed by atoms with Gasteiger partial charge in [-0.2, -0.15) is 5.10 Å². The monoisotopic (exact) mass is 351 g/mol. The smallest absolute Gasteiger partial charge is 0.283 e. The van der Waals surface area contributed by atoms with Gasteiger partial charge in [0, 0.05) is 10.7 Å². The molecule has 0 aliphatic heterocycles. The first-order chi connectivity index (χ1) is 9.65. The maximum absolute atomic E-state index is 11.8. The Hall–Kier alpha value is -1.85. The Kier molecular flexibility index (Phi) is 5.15. The molecule has 0 spiro atoms. The third kappa shape index (κ3) is 4.36. The molecule has 0 radical (unpaired) electrons. The van der Waals surface area contributed by atoms with Crippen molar-refractivity contribution in [1.82, 2.24) is 0 Å². The van der Waals surface area contributed by atoms with E-state index in [2.05, 4.69) is 31.8 Å². The quantitative estimate of drug-likeness (QED) is 0.643. The fourth-order valence-corrected chi connectivity index (χ4v) is 1.71. The van der Waals surface area contributed by atoms with Crippen LogP contribution in [0.1, 0.15) is 0 Å². The Morgan fingerprint density at radius 3 is 2.30 bits per heavy atom. The number of hydrazone groups is 1. The van der Waals surface area contributed by atoms with Crippen LogP contribution in [-0.4, -0.2) is 10.5 Å². The van der Waals surface area contributed by atoms with E-state index in [-0.39, 0.29) is 10.5 Å². The minimum atomic E-state index is -0.335. The number of benzene rings is 2. The van der Waals surface area contributed by atoms with Crippen molar-refractivity contribution < 1.29 is 4.79 Å². The third-order valence-corrected chi connectivity index (χ3v) is 3.14. The Morgan fingerprint density at radius 2 is 1.65 bits per heavy atom. The molecule has 0 fully saturated rings. The number of rotatable bonds is 4. The fraction of sp³-hybridized carbons (Fsp3) is 0. The van der Waals surface area contributed by atoms with Crippen LogP contribution in [0.25, 0.3) is 0 Å². The zero-order chi connectivity index (χ0) is 14.4. The van der Waals surface area contributed by atoms with Crippen LogP contribution in [0.4, 0.5) is 11.4 Å². The first-order valence-corrected chi connectivity index (χ1v) is 6.93. The lowest BCUT2D eigenvalue weighted by Gasteiger charge is -2.04. The standard InChI is InChI=1S/C14H11BrClN3O/c15-13(14(20)17-11-4-2-1-3-5-11)19-18-12-8-6-10(16)7-9-12/h1-9,18H,(H,17,20). The zero-order valence-electron chi connectivity index (χ0n) is 10.3. The van der Waals surface area contributed by atoms with Gasteiger partial charge < -0.3 is 5.32 Å². The minimum Gasteiger partial charge on any atom is -0.320 e. The molecule has 6 heteroatoms. The topological polar surface area (TPSA) is 53.5 Å². The zero-order valence-corrected chi connectivity index (χ0v) is 12.6. The number of hydrogen-bond acceptors (Lipinski definition) is 3. The molecule has 0 unspecified atom stereocenters. The molecule has 0 saturated heterocycles. The van der Waals surface area contributed by atoms with Gasteiger partial charge in [0.1, 0.15) is 0 Å². The van der Waals surface area contributed by atoms with Gasteiger partial charge in [-0.3, -0.25) is 10.2 Å². The molecule has 102 valence electrons. The van der Waals surface area contributed by atoms with Crippen molar-refractivity contribution in [1.29, 1.82) is 0 Å². The SMILES string of the molecule is O=C(Nc1ccccc1)C(Br)=NNc1ccc(Cl)cc1. The molecule has 2 rings (SSSR count). The van der Waals surface area contributed by atoms with E-state index in [0.29, 0.717) is 10.7 Å². The second kappa shape index (κ2) is 7.07. The number of para-hydroxylation sites is 1. The lowest BCUT2D eigenvalue weighted by Crippen LogP contribution is -2.19. The number of amides is 1. The van der Waals surface area contributed by atoms with Gasteiger partial charge in [-0.25, -0.2) is 0 Å². The highest BCUT2D eigenvalue weighted by molar-refractivity contribution is 9.19. The second-order valence-electron chi connectivity index (χ2n) is 3.84. The first-order valence-electron chi connectivity index (χ1n) is 5.76. The maximum atomic E-state index is 11.8. The highest BCUT2D eigenvalue weighted by Gasteiger charge is 2.07. The van der Waals surface area contributed by atoms with Gasteiger partial charge in [0.2, 0.25) is 0 Å². The molecule has 2 aromatic rings. The summed E-state index contributed by atoms with van der Waals surface area (Å²) in [6, 6.07) is 16.1. The summed E-state index contributed by atoms with van der Waals surface area (Å²) in [4.78, 5) is 11.8. The largest absolute Gasteiger partial charge is 0.320 e. The van der Waals surface area contributed by atoms with Gasteiger partial charge in [-0.05, 0) is 52.3 Å². The molecular formula is C14H11BrClN3O. The summed E-state index contributed by atoms with van der Waals surface area (Å²) >= 11 is 8.90. The predicted octanol–water partition coefficient (Wildman–Crippen LogP) is 4.10. The van der Waals surface area contributed by atoms with E-state index < -0.39 is 0 Å². The highest BCUT2D eigenvalue weighted by atomic mass is 79.9. The van der Waals surface area contributed by atoms with Crippen LogP contribution in [0.15, 0.2) is 59.7 Å². The molecule has 0 saturated carbocycles. The van der Waals surface area contributed by atoms with E-state index in [4.69, 9.17) is 11.6 Å². The Morgan fingerprint density at radius 1 is 1.00 bits per heavy atom. The van der Waals surface area contributed by atoms with Crippen LogP contribution in [0.5, 0.6) is 0 Å². The summed E-state index contributed by atoms with van der Waals surface area (Å²) in [7, 11) is 0. The van der Waals surface area contributed by atoms with Crippen molar-refractivity contribution in [2.75, 3.05) is 10.7 Å². The normalized spacial score (nSPS) is 11.0. The summed E-state index contributed by atoms with van der Waals surface area (Å²) in [6.45, 7) is 0. The van der Waals surface area contributed by atoms with Crippen molar-refractivity contribution in [3.8, 4) is 0 Å². The molecular weight excluding hydrogens is 342 g/mol. The Labute approximate surface area is 130 Å². The molecule has 2 N–H and O–H groups in total. The van der Waals surface area contributed by atoms with E-state index in [1.54, 1.807) is 36.4 Å². The number of halogens is 2. The average molecular weight is 353 g/mol. The number of nitrogens with one attached hydrogen (secondary N) is 2. The van der Waals surface area contributed by atoms with Crippen LogP contribution in [0.3, 0.4) is 0 Å². The van der Waals surface area contributed by atoms with Crippen molar-refractivity contribution in [3.05, 3.63) is 59.6 Å². The summed E-state index contributed by atoms with van der Waals surface area (Å²) in [5.74, 6) is -0.335. The lowest BCUT2D eigenvalue weighted by atomic mass is 10.3.